The van der Waals surface area contributed by atoms with Crippen LogP contribution in [0, 0.1) is 0 Å². The maximum Gasteiger partial charge on any atom is 0.323 e. The predicted molar refractivity (Wildman–Crippen MR) is 246 cm³/mol. The summed E-state index contributed by atoms with van der Waals surface area (Å²) < 4.78 is 33.9. The number of carbonyl (C=O) groups excluding carboxylic acids is 2. The smallest absolute Gasteiger partial charge is 0.323 e. The number of likely N-dealkylation sites (N-methyl/N-ethyl adjacent to an activating group) is 1. The van der Waals surface area contributed by atoms with Crippen molar-refractivity contribution in [3.63, 3.8) is 0 Å². The van der Waals surface area contributed by atoms with Gasteiger partial charge in [0.25, 0.3) is 7.82 Å². The van der Waals surface area contributed by atoms with Gasteiger partial charge in [-0.3, -0.25) is 18.9 Å². The van der Waals surface area contributed by atoms with Crippen LogP contribution >= 0.6 is 19.6 Å². The number of nitrogens with two attached hydrogens (primary N) is 1. The number of allylic oxidation sites excluding steroid dienone is 7. The first-order chi connectivity index (χ1) is 29.1. The van der Waals surface area contributed by atoms with Gasteiger partial charge in [-0.15, -0.1) is 11.8 Å². The van der Waals surface area contributed by atoms with Crippen molar-refractivity contribution in [1.29, 1.82) is 0 Å². The molecule has 0 aliphatic carbocycles. The molecule has 0 heterocycles. The van der Waals surface area contributed by atoms with Gasteiger partial charge in [-0.25, -0.2) is 0 Å². The van der Waals surface area contributed by atoms with Gasteiger partial charge in [-0.1, -0.05) is 146 Å². The molecule has 61 heavy (non-hydrogen) atoms. The fourth-order valence-corrected chi connectivity index (χ4v) is 7.71. The summed E-state index contributed by atoms with van der Waals surface area (Å²) in [7, 11) is 0.906. The summed E-state index contributed by atoms with van der Waals surface area (Å²) in [6.07, 6.45) is 33.2. The Bertz CT molecular complexity index is 1300. The normalized spacial score (nSPS) is 15.4. The second kappa shape index (κ2) is 38.2. The Labute approximate surface area is 373 Å². The molecule has 13 nitrogen and oxygen atoms in total. The zero-order valence-electron chi connectivity index (χ0n) is 38.3. The molecule has 0 radical (unpaired) electrons. The summed E-state index contributed by atoms with van der Waals surface area (Å²) >= 11 is 1.22. The van der Waals surface area contributed by atoms with Crippen LogP contribution in [0.15, 0.2) is 48.6 Å². The highest BCUT2D eigenvalue weighted by Crippen LogP contribution is 2.38. The number of hydrogen-bond acceptors (Lipinski definition) is 12. The van der Waals surface area contributed by atoms with Crippen molar-refractivity contribution >= 4 is 37.5 Å². The molecule has 0 aliphatic heterocycles. The van der Waals surface area contributed by atoms with Gasteiger partial charge in [0.1, 0.15) is 25.8 Å². The quantitative estimate of drug-likeness (QED) is 0.0132. The molecule has 354 valence electrons. The molecule has 0 saturated heterocycles. The number of hydrogen-bond donors (Lipinski definition) is 3. The minimum atomic E-state index is -4.76. The van der Waals surface area contributed by atoms with Crippen LogP contribution < -0.4 is 10.6 Å². The molecule has 0 saturated carbocycles. The highest BCUT2D eigenvalue weighted by Gasteiger charge is 2.25. The number of phosphoric ester groups is 1. The van der Waals surface area contributed by atoms with E-state index in [-0.39, 0.29) is 38.0 Å². The van der Waals surface area contributed by atoms with Crippen molar-refractivity contribution in [3.05, 3.63) is 48.6 Å². The highest BCUT2D eigenvalue weighted by atomic mass is 32.2. The topological polar surface area (TPSA) is 195 Å². The van der Waals surface area contributed by atoms with Gasteiger partial charge >= 0.3 is 17.9 Å². The number of carboxylic acids is 1. The molecule has 0 rings (SSSR count). The summed E-state index contributed by atoms with van der Waals surface area (Å²) in [5, 5.41) is 19.5. The summed E-state index contributed by atoms with van der Waals surface area (Å²) in [5.74, 6) is -2.28. The predicted octanol–water partition coefficient (Wildman–Crippen LogP) is 8.98. The van der Waals surface area contributed by atoms with Crippen molar-refractivity contribution in [1.82, 2.24) is 0 Å². The van der Waals surface area contributed by atoms with Crippen molar-refractivity contribution in [2.75, 3.05) is 53.3 Å². The number of rotatable bonds is 41. The van der Waals surface area contributed by atoms with E-state index < -0.39 is 62.4 Å². The Balaban J connectivity index is 5.27. The van der Waals surface area contributed by atoms with E-state index in [0.29, 0.717) is 17.4 Å². The number of carboxylic acid groups (broad SMARTS) is 1. The molecule has 0 aromatic carbocycles. The van der Waals surface area contributed by atoms with Crippen LogP contribution in [0.2, 0.25) is 0 Å². The van der Waals surface area contributed by atoms with Gasteiger partial charge in [0.15, 0.2) is 6.10 Å². The van der Waals surface area contributed by atoms with E-state index in [1.165, 1.54) is 82.4 Å². The Kier molecular flexibility index (Phi) is 36.8. The molecular formula is C46H83N2O11PS. The van der Waals surface area contributed by atoms with Crippen LogP contribution in [0.4, 0.5) is 0 Å². The molecule has 15 heteroatoms. The van der Waals surface area contributed by atoms with Crippen LogP contribution in [-0.2, 0) is 37.5 Å². The molecule has 5 atom stereocenters. The second-order valence-electron chi connectivity index (χ2n) is 16.6. The van der Waals surface area contributed by atoms with Crippen molar-refractivity contribution in [3.8, 4) is 0 Å². The summed E-state index contributed by atoms with van der Waals surface area (Å²) in [4.78, 5) is 49.4. The Morgan fingerprint density at radius 2 is 1.38 bits per heavy atom. The maximum atomic E-state index is 13.0. The molecule has 0 aromatic rings. The SMILES string of the molecule is CCCCC/C=C\C\C=C/C=C/C=C/[C@@H](SC[C@H](N)C(=O)OC[C@H](COP(=O)([O-])OCC[N+](C)(C)C)OC(=O)CCCCCCCCCCCCCC)[C@@H](O)CCCC(=O)O. The fraction of sp³-hybridized carbons (Fsp3) is 0.761. The third kappa shape index (κ3) is 39.1. The minimum absolute atomic E-state index is 0.0494. The number of unbranched alkanes of at least 4 members (excludes halogenated alkanes) is 14. The second-order valence-corrected chi connectivity index (χ2v) is 19.3. The lowest BCUT2D eigenvalue weighted by Crippen LogP contribution is -2.39. The van der Waals surface area contributed by atoms with E-state index in [0.717, 1.165) is 32.1 Å². The lowest BCUT2D eigenvalue weighted by atomic mass is 10.0. The van der Waals surface area contributed by atoms with Crippen LogP contribution in [0.3, 0.4) is 0 Å². The van der Waals surface area contributed by atoms with Gasteiger partial charge in [0.05, 0.1) is 33.9 Å². The molecule has 0 amide bonds. The van der Waals surface area contributed by atoms with Gasteiger partial charge in [0.2, 0.25) is 0 Å². The molecule has 4 N–H and O–H groups in total. The maximum absolute atomic E-state index is 13.0. The summed E-state index contributed by atoms with van der Waals surface area (Å²) in [6.45, 7) is 3.60. The third-order valence-electron chi connectivity index (χ3n) is 9.60. The standard InChI is InChI=1S/C46H83N2O11PS/c1-6-8-10-12-14-16-18-20-22-24-26-28-32-43(42(49)31-30-33-44(50)51)61-39-41(47)46(53)56-37-40(38-58-60(54,55)57-36-35-48(3,4)5)59-45(52)34-29-27-25-23-21-19-17-15-13-11-9-7-2/h14,16,20,22,24,26,28,32,40-43,49H,6-13,15,17-19,21,23,25,27,29-31,33-39,47H2,1-5H3,(H-,50,51,54,55)/b16-14-,22-20-,26-24+,32-28+/t40-,41+,42+,43-/m1/s1. The van der Waals surface area contributed by atoms with E-state index in [2.05, 4.69) is 26.0 Å². The largest absolute Gasteiger partial charge is 0.756 e. The number of carbonyl (C=O) groups is 3. The minimum Gasteiger partial charge on any atom is -0.756 e. The first-order valence-corrected chi connectivity index (χ1v) is 25.3. The average molecular weight is 903 g/mol. The summed E-state index contributed by atoms with van der Waals surface area (Å²) in [6, 6.07) is -1.14. The van der Waals surface area contributed by atoms with Gasteiger partial charge in [0, 0.05) is 23.8 Å². The van der Waals surface area contributed by atoms with Gasteiger partial charge < -0.3 is 43.8 Å². The van der Waals surface area contributed by atoms with E-state index in [9.17, 15) is 28.9 Å². The molecule has 0 spiro atoms. The Morgan fingerprint density at radius 1 is 0.770 bits per heavy atom. The van der Waals surface area contributed by atoms with Crippen molar-refractivity contribution < 1.29 is 57.1 Å². The van der Waals surface area contributed by atoms with Crippen LogP contribution in [-0.4, -0.2) is 109 Å². The van der Waals surface area contributed by atoms with E-state index in [4.69, 9.17) is 29.4 Å². The molecule has 0 fully saturated rings. The van der Waals surface area contributed by atoms with E-state index >= 15 is 0 Å². The number of nitrogens with zero attached hydrogens (tertiary/aromatic N) is 1. The van der Waals surface area contributed by atoms with Crippen LogP contribution in [0.5, 0.6) is 0 Å². The van der Waals surface area contributed by atoms with Crippen molar-refractivity contribution in [2.24, 2.45) is 5.73 Å². The summed E-state index contributed by atoms with van der Waals surface area (Å²) in [5.41, 5.74) is 6.19. The van der Waals surface area contributed by atoms with E-state index in [1.54, 1.807) is 12.2 Å². The van der Waals surface area contributed by atoms with Crippen molar-refractivity contribution in [2.45, 2.75) is 172 Å². The molecule has 0 aliphatic rings. The molecular weight excluding hydrogens is 820 g/mol. The monoisotopic (exact) mass is 903 g/mol. The molecule has 0 bridgehead atoms. The molecule has 0 aromatic heterocycles. The number of phosphoric acid groups is 1. The van der Waals surface area contributed by atoms with Gasteiger partial charge in [-0.05, 0) is 38.5 Å². The Morgan fingerprint density at radius 3 is 2.00 bits per heavy atom. The lowest BCUT2D eigenvalue weighted by Gasteiger charge is -2.28. The zero-order valence-corrected chi connectivity index (χ0v) is 40.0. The number of thioether (sulfide) groups is 1. The zero-order chi connectivity index (χ0) is 45.6. The lowest BCUT2D eigenvalue weighted by molar-refractivity contribution is -0.870. The first-order valence-electron chi connectivity index (χ1n) is 22.8. The first kappa shape index (κ1) is 58.7. The number of ether oxygens (including phenoxy) is 2. The Hall–Kier alpha value is -2.29. The van der Waals surface area contributed by atoms with Crippen LogP contribution in [0.1, 0.15) is 149 Å². The number of quaternary nitrogens is 1. The number of aliphatic hydroxyl groups excluding tert-OH is 1. The number of aliphatic carboxylic acids is 1. The van der Waals surface area contributed by atoms with Crippen LogP contribution in [0.25, 0.3) is 0 Å². The van der Waals surface area contributed by atoms with Gasteiger partial charge in [-0.2, -0.15) is 0 Å². The number of esters is 2. The average Bonchev–Trinajstić information content (AvgIpc) is 3.19. The van der Waals surface area contributed by atoms with E-state index in [1.807, 2.05) is 45.4 Å². The third-order valence-corrected chi connectivity index (χ3v) is 12.0. The fourth-order valence-electron chi connectivity index (χ4n) is 5.86. The molecule has 1 unspecified atom stereocenters. The number of aliphatic hydroxyl groups is 1. The highest BCUT2D eigenvalue weighted by molar-refractivity contribution is 8.00.